The van der Waals surface area contributed by atoms with Gasteiger partial charge in [0.2, 0.25) is 0 Å². The summed E-state index contributed by atoms with van der Waals surface area (Å²) < 4.78 is 11.5. The molecule has 1 aromatic rings. The average molecular weight is 512 g/mol. The molecule has 5 fully saturated rings. The maximum Gasteiger partial charge on any atom is 0.340 e. The van der Waals surface area contributed by atoms with Gasteiger partial charge < -0.3 is 19.9 Å². The minimum absolute atomic E-state index is 0.143. The monoisotopic (exact) mass is 511 g/mol. The fourth-order valence-electron chi connectivity index (χ4n) is 8.14. The number of esters is 2. The van der Waals surface area contributed by atoms with Crippen LogP contribution in [-0.4, -0.2) is 41.3 Å². The van der Waals surface area contributed by atoms with Crippen molar-refractivity contribution in [2.45, 2.75) is 90.3 Å². The molecule has 7 atom stereocenters. The minimum Gasteiger partial charge on any atom is -0.458 e. The van der Waals surface area contributed by atoms with Gasteiger partial charge in [-0.25, -0.2) is 4.79 Å². The molecule has 0 aliphatic heterocycles. The highest BCUT2D eigenvalue weighted by atomic mass is 16.5. The van der Waals surface area contributed by atoms with Crippen molar-refractivity contribution >= 4 is 23.5 Å². The first kappa shape index (κ1) is 26.2. The Labute approximate surface area is 219 Å². The minimum atomic E-state index is -0.768. The molecule has 6 rings (SSSR count). The van der Waals surface area contributed by atoms with E-state index in [4.69, 9.17) is 9.47 Å². The van der Waals surface area contributed by atoms with Crippen LogP contribution >= 0.6 is 0 Å². The molecule has 0 spiro atoms. The Bertz CT molecular complexity index is 1040. The molecule has 7 heteroatoms. The van der Waals surface area contributed by atoms with Crippen LogP contribution in [0.15, 0.2) is 24.3 Å². The van der Waals surface area contributed by atoms with Gasteiger partial charge in [-0.3, -0.25) is 9.59 Å². The summed E-state index contributed by atoms with van der Waals surface area (Å²) in [4.78, 5) is 39.0. The summed E-state index contributed by atoms with van der Waals surface area (Å²) in [5.41, 5.74) is -0.797. The molecule has 5 saturated carbocycles. The Balaban J connectivity index is 1.20. The summed E-state index contributed by atoms with van der Waals surface area (Å²) >= 11 is 0. The average Bonchev–Trinajstić information content (AvgIpc) is 2.81. The molecule has 5 aliphatic rings. The number of rotatable bonds is 7. The van der Waals surface area contributed by atoms with E-state index in [1.54, 1.807) is 24.3 Å². The molecule has 7 nitrogen and oxygen atoms in total. The number of para-hydroxylation sites is 1. The topological polar surface area (TPSA) is 102 Å². The van der Waals surface area contributed by atoms with Crippen LogP contribution in [0.25, 0.3) is 0 Å². The third-order valence-corrected chi connectivity index (χ3v) is 9.44. The molecule has 5 aliphatic carbocycles. The second-order valence-corrected chi connectivity index (χ2v) is 12.9. The Morgan fingerprint density at radius 3 is 2.43 bits per heavy atom. The van der Waals surface area contributed by atoms with E-state index in [1.165, 1.54) is 0 Å². The Morgan fingerprint density at radius 1 is 1.05 bits per heavy atom. The molecular weight excluding hydrogens is 470 g/mol. The van der Waals surface area contributed by atoms with Gasteiger partial charge in [0.05, 0.1) is 22.3 Å². The number of aliphatic hydroxyl groups is 1. The lowest BCUT2D eigenvalue weighted by molar-refractivity contribution is -0.196. The predicted octanol–water partition coefficient (Wildman–Crippen LogP) is 5.12. The van der Waals surface area contributed by atoms with Crippen molar-refractivity contribution in [1.29, 1.82) is 0 Å². The van der Waals surface area contributed by atoms with Gasteiger partial charge >= 0.3 is 11.9 Å². The molecule has 1 amide bonds. The Morgan fingerprint density at radius 2 is 1.76 bits per heavy atom. The maximum absolute atomic E-state index is 13.2. The molecule has 37 heavy (non-hydrogen) atoms. The molecule has 2 unspecified atom stereocenters. The SMILES string of the molecule is CC(C)[C@H]1CC[C@@H](C)C[C@@H]1OC(=O)c1ccccc1NC(=O)COC(=O)C12C[C@@H]3C[C@@H](CC(O)(C3)C1)C2. The summed E-state index contributed by atoms with van der Waals surface area (Å²) in [6, 6.07) is 6.80. The van der Waals surface area contributed by atoms with Crippen LogP contribution in [0.5, 0.6) is 0 Å². The third-order valence-electron chi connectivity index (χ3n) is 9.44. The summed E-state index contributed by atoms with van der Waals surface area (Å²) in [5, 5.41) is 13.7. The summed E-state index contributed by atoms with van der Waals surface area (Å²) in [7, 11) is 0. The van der Waals surface area contributed by atoms with Crippen molar-refractivity contribution in [3.63, 3.8) is 0 Å². The van der Waals surface area contributed by atoms with Crippen LogP contribution in [0.3, 0.4) is 0 Å². The summed E-state index contributed by atoms with van der Waals surface area (Å²) in [5.74, 6) is 0.637. The number of amides is 1. The Kier molecular flexibility index (Phi) is 7.12. The van der Waals surface area contributed by atoms with Crippen molar-refractivity contribution in [2.24, 2.45) is 35.0 Å². The van der Waals surface area contributed by atoms with Crippen molar-refractivity contribution in [3.8, 4) is 0 Å². The summed E-state index contributed by atoms with van der Waals surface area (Å²) in [6.45, 7) is 6.10. The molecule has 0 aromatic heterocycles. The van der Waals surface area contributed by atoms with Crippen LogP contribution in [0.4, 0.5) is 5.69 Å². The van der Waals surface area contributed by atoms with E-state index in [0.29, 0.717) is 47.3 Å². The fourth-order valence-corrected chi connectivity index (χ4v) is 8.14. The van der Waals surface area contributed by atoms with Crippen LogP contribution in [0.2, 0.25) is 0 Å². The van der Waals surface area contributed by atoms with Gasteiger partial charge in [-0.2, -0.15) is 0 Å². The lowest BCUT2D eigenvalue weighted by atomic mass is 9.48. The second kappa shape index (κ2) is 10.0. The van der Waals surface area contributed by atoms with Crippen LogP contribution in [-0.2, 0) is 19.1 Å². The molecular formula is C30H41NO6. The number of carbonyl (C=O) groups is 3. The number of hydrogen-bond acceptors (Lipinski definition) is 6. The van der Waals surface area contributed by atoms with Gasteiger partial charge in [-0.15, -0.1) is 0 Å². The molecule has 0 heterocycles. The zero-order chi connectivity index (χ0) is 26.4. The second-order valence-electron chi connectivity index (χ2n) is 12.9. The van der Waals surface area contributed by atoms with Crippen molar-refractivity contribution in [1.82, 2.24) is 0 Å². The lowest BCUT2D eigenvalue weighted by Gasteiger charge is -2.58. The van der Waals surface area contributed by atoms with Crippen LogP contribution < -0.4 is 5.32 Å². The summed E-state index contributed by atoms with van der Waals surface area (Å²) in [6.07, 6.45) is 7.39. The number of ether oxygens (including phenoxy) is 2. The van der Waals surface area contributed by atoms with Gasteiger partial charge in [-0.05, 0) is 93.1 Å². The van der Waals surface area contributed by atoms with Crippen molar-refractivity contribution in [3.05, 3.63) is 29.8 Å². The van der Waals surface area contributed by atoms with Gasteiger partial charge in [-0.1, -0.05) is 39.3 Å². The number of carbonyl (C=O) groups excluding carboxylic acids is 3. The van der Waals surface area contributed by atoms with Crippen molar-refractivity contribution < 1.29 is 29.0 Å². The zero-order valence-electron chi connectivity index (χ0n) is 22.3. The van der Waals surface area contributed by atoms with Gasteiger partial charge in [0.25, 0.3) is 5.91 Å². The Hall–Kier alpha value is -2.41. The van der Waals surface area contributed by atoms with E-state index in [-0.39, 0.29) is 12.1 Å². The van der Waals surface area contributed by atoms with E-state index in [0.717, 1.165) is 51.4 Å². The lowest BCUT2D eigenvalue weighted by Crippen LogP contribution is -2.58. The molecule has 202 valence electrons. The van der Waals surface area contributed by atoms with Gasteiger partial charge in [0, 0.05) is 0 Å². The third kappa shape index (κ3) is 5.43. The van der Waals surface area contributed by atoms with E-state index >= 15 is 0 Å². The standard InChI is InChI=1S/C30H41NO6/c1-18(2)22-9-8-19(3)10-25(22)37-27(33)23-6-4-5-7-24(23)31-26(32)16-36-28(34)29-12-20-11-21(13-29)15-30(35,14-20)17-29/h4-7,18-22,25,35H,8-17H2,1-3H3,(H,31,32)/t19-,20-,21+,22-,25+,29?,30?/m1/s1. The first-order chi connectivity index (χ1) is 17.6. The highest BCUT2D eigenvalue weighted by molar-refractivity contribution is 6.02. The predicted molar refractivity (Wildman–Crippen MR) is 139 cm³/mol. The van der Waals surface area contributed by atoms with Gasteiger partial charge in [0.15, 0.2) is 6.61 Å². The number of benzene rings is 1. The van der Waals surface area contributed by atoms with E-state index in [2.05, 4.69) is 26.1 Å². The zero-order valence-corrected chi connectivity index (χ0v) is 22.3. The smallest absolute Gasteiger partial charge is 0.340 e. The maximum atomic E-state index is 13.2. The quantitative estimate of drug-likeness (QED) is 0.493. The van der Waals surface area contributed by atoms with Crippen LogP contribution in [0, 0.1) is 35.0 Å². The van der Waals surface area contributed by atoms with E-state index in [9.17, 15) is 19.5 Å². The first-order valence-corrected chi connectivity index (χ1v) is 14.1. The molecule has 1 aromatic carbocycles. The fraction of sp³-hybridized carbons (Fsp3) is 0.700. The number of anilines is 1. The van der Waals surface area contributed by atoms with Crippen LogP contribution in [0.1, 0.15) is 88.9 Å². The normalized spacial score (nSPS) is 36.3. The number of hydrogen-bond donors (Lipinski definition) is 2. The molecule has 2 N–H and O–H groups in total. The molecule has 4 bridgehead atoms. The first-order valence-electron chi connectivity index (χ1n) is 14.1. The van der Waals surface area contributed by atoms with E-state index < -0.39 is 29.5 Å². The highest BCUT2D eigenvalue weighted by Gasteiger charge is 2.61. The highest BCUT2D eigenvalue weighted by Crippen LogP contribution is 2.62. The van der Waals surface area contributed by atoms with E-state index in [1.807, 2.05) is 0 Å². The van der Waals surface area contributed by atoms with Gasteiger partial charge in [0.1, 0.15) is 6.10 Å². The number of nitrogens with one attached hydrogen (secondary N) is 1. The largest absolute Gasteiger partial charge is 0.458 e. The molecule has 0 saturated heterocycles. The molecule has 0 radical (unpaired) electrons. The van der Waals surface area contributed by atoms with Crippen molar-refractivity contribution in [2.75, 3.05) is 11.9 Å².